The summed E-state index contributed by atoms with van der Waals surface area (Å²) in [6, 6.07) is 0. The van der Waals surface area contributed by atoms with E-state index in [1.807, 2.05) is 13.0 Å². The van der Waals surface area contributed by atoms with Gasteiger partial charge in [0.1, 0.15) is 6.10 Å². The Balaban J connectivity index is 2.00. The largest absolute Gasteiger partial charge is 0.459 e. The lowest BCUT2D eigenvalue weighted by Gasteiger charge is -2.46. The molecule has 4 nitrogen and oxygen atoms in total. The highest BCUT2D eigenvalue weighted by atomic mass is 16.5. The van der Waals surface area contributed by atoms with Gasteiger partial charge < -0.3 is 14.9 Å². The van der Waals surface area contributed by atoms with Gasteiger partial charge in [-0.1, -0.05) is 43.7 Å². The average Bonchev–Trinajstić information content (AvgIpc) is 2.56. The van der Waals surface area contributed by atoms with Gasteiger partial charge in [0.05, 0.1) is 12.2 Å². The van der Waals surface area contributed by atoms with Crippen molar-refractivity contribution in [3.8, 4) is 0 Å². The summed E-state index contributed by atoms with van der Waals surface area (Å²) in [5.41, 5.74) is 1.24. The number of aliphatic hydroxyl groups excluding tert-OH is 2. The summed E-state index contributed by atoms with van der Waals surface area (Å²) in [6.45, 7) is 6.25. The van der Waals surface area contributed by atoms with E-state index in [4.69, 9.17) is 4.74 Å². The molecule has 0 amide bonds. The summed E-state index contributed by atoms with van der Waals surface area (Å²) >= 11 is 0. The van der Waals surface area contributed by atoms with E-state index in [0.29, 0.717) is 12.8 Å². The summed E-state index contributed by atoms with van der Waals surface area (Å²) in [7, 11) is 0. The van der Waals surface area contributed by atoms with Crippen LogP contribution in [0, 0.1) is 29.6 Å². The Labute approximate surface area is 150 Å². The molecule has 1 heterocycles. The van der Waals surface area contributed by atoms with Crippen LogP contribution in [0.2, 0.25) is 0 Å². The van der Waals surface area contributed by atoms with Gasteiger partial charge in [-0.05, 0) is 43.9 Å². The number of carbonyl (C=O) groups is 1. The maximum Gasteiger partial charge on any atom is 0.330 e. The molecule has 3 aliphatic rings. The topological polar surface area (TPSA) is 66.8 Å². The van der Waals surface area contributed by atoms with Gasteiger partial charge >= 0.3 is 5.97 Å². The molecule has 4 heteroatoms. The molecule has 138 valence electrons. The molecule has 0 spiro atoms. The van der Waals surface area contributed by atoms with Gasteiger partial charge in [0, 0.05) is 17.9 Å². The SMILES string of the molecule is CC[C@H]1OC(=O)/C=C/[C@H]2C=C[C@H]3C[C@@H](O)C[C@@H](O)[C@H]3[C@@H]2/C(C)=C/[C@H]1C. The summed E-state index contributed by atoms with van der Waals surface area (Å²) in [4.78, 5) is 12.1. The third kappa shape index (κ3) is 3.75. The van der Waals surface area contributed by atoms with Crippen LogP contribution in [-0.2, 0) is 9.53 Å². The summed E-state index contributed by atoms with van der Waals surface area (Å²) in [6.07, 6.45) is 10.7. The molecule has 1 saturated carbocycles. The molecule has 25 heavy (non-hydrogen) atoms. The van der Waals surface area contributed by atoms with E-state index in [1.165, 1.54) is 5.57 Å². The Morgan fingerprint density at radius 2 is 1.96 bits per heavy atom. The molecular formula is C21H30O4. The van der Waals surface area contributed by atoms with Crippen LogP contribution in [0.1, 0.15) is 40.0 Å². The monoisotopic (exact) mass is 346 g/mol. The number of ether oxygens (including phenoxy) is 1. The second kappa shape index (κ2) is 7.46. The zero-order valence-corrected chi connectivity index (χ0v) is 15.3. The van der Waals surface area contributed by atoms with Crippen molar-refractivity contribution in [1.82, 2.24) is 0 Å². The van der Waals surface area contributed by atoms with Gasteiger partial charge in [-0.3, -0.25) is 0 Å². The van der Waals surface area contributed by atoms with Crippen molar-refractivity contribution >= 4 is 5.97 Å². The fourth-order valence-electron chi connectivity index (χ4n) is 5.01. The van der Waals surface area contributed by atoms with Gasteiger partial charge in [0.25, 0.3) is 0 Å². The minimum atomic E-state index is -0.518. The van der Waals surface area contributed by atoms with Crippen molar-refractivity contribution in [1.29, 1.82) is 0 Å². The van der Waals surface area contributed by atoms with E-state index >= 15 is 0 Å². The zero-order chi connectivity index (χ0) is 18.1. The number of cyclic esters (lactones) is 1. The molecule has 2 aliphatic carbocycles. The quantitative estimate of drug-likeness (QED) is 0.566. The van der Waals surface area contributed by atoms with Crippen molar-refractivity contribution < 1.29 is 19.7 Å². The Bertz CT molecular complexity index is 591. The molecule has 1 fully saturated rings. The maximum absolute atomic E-state index is 12.1. The van der Waals surface area contributed by atoms with Crippen LogP contribution in [-0.4, -0.2) is 34.5 Å². The smallest absolute Gasteiger partial charge is 0.330 e. The van der Waals surface area contributed by atoms with Crippen molar-refractivity contribution in [2.24, 2.45) is 29.6 Å². The standard InChI is InChI=1S/C21H30O4/c1-4-18-12(2)9-13(3)20-14(7-8-19(24)25-18)5-6-15-10-16(22)11-17(23)21(15)20/h5-9,12,14-18,20-23H,4,10-11H2,1-3H3/b8-7+,13-9+/t12-,14-,15+,16-,17-,18-,20-,21+/m1/s1. The van der Waals surface area contributed by atoms with E-state index in [0.717, 1.165) is 6.42 Å². The third-order valence-corrected chi connectivity index (χ3v) is 6.17. The molecule has 0 bridgehead atoms. The summed E-state index contributed by atoms with van der Waals surface area (Å²) in [5.74, 6) is 0.336. The molecule has 2 N–H and O–H groups in total. The molecule has 0 saturated heterocycles. The summed E-state index contributed by atoms with van der Waals surface area (Å²) < 4.78 is 5.58. The molecule has 0 aromatic carbocycles. The molecule has 0 aromatic heterocycles. The molecule has 1 aliphatic heterocycles. The average molecular weight is 346 g/mol. The first-order chi connectivity index (χ1) is 11.9. The van der Waals surface area contributed by atoms with E-state index in [-0.39, 0.29) is 41.7 Å². The van der Waals surface area contributed by atoms with Crippen molar-refractivity contribution in [2.45, 2.75) is 58.3 Å². The van der Waals surface area contributed by atoms with Crippen LogP contribution >= 0.6 is 0 Å². The molecule has 3 rings (SSSR count). The number of allylic oxidation sites excluding steroid dienone is 4. The zero-order valence-electron chi connectivity index (χ0n) is 15.3. The first kappa shape index (κ1) is 18.4. The Kier molecular flexibility index (Phi) is 5.49. The minimum Gasteiger partial charge on any atom is -0.459 e. The van der Waals surface area contributed by atoms with Crippen LogP contribution in [0.4, 0.5) is 0 Å². The van der Waals surface area contributed by atoms with Gasteiger partial charge in [0.15, 0.2) is 0 Å². The van der Waals surface area contributed by atoms with Crippen molar-refractivity contribution in [3.63, 3.8) is 0 Å². The van der Waals surface area contributed by atoms with Crippen LogP contribution in [0.25, 0.3) is 0 Å². The van der Waals surface area contributed by atoms with E-state index < -0.39 is 12.2 Å². The first-order valence-corrected chi connectivity index (χ1v) is 9.52. The number of aliphatic hydroxyl groups is 2. The number of hydrogen-bond acceptors (Lipinski definition) is 4. The third-order valence-electron chi connectivity index (χ3n) is 6.17. The number of carbonyl (C=O) groups excluding carboxylic acids is 1. The Hall–Kier alpha value is -1.39. The van der Waals surface area contributed by atoms with Crippen molar-refractivity contribution in [3.05, 3.63) is 36.0 Å². The molecule has 0 aromatic rings. The fraction of sp³-hybridized carbons (Fsp3) is 0.667. The lowest BCUT2D eigenvalue weighted by atomic mass is 9.60. The molecule has 0 unspecified atom stereocenters. The lowest BCUT2D eigenvalue weighted by Crippen LogP contribution is -2.46. The minimum absolute atomic E-state index is 0.0697. The fourth-order valence-corrected chi connectivity index (χ4v) is 5.01. The maximum atomic E-state index is 12.1. The summed E-state index contributed by atoms with van der Waals surface area (Å²) in [5, 5.41) is 20.7. The number of rotatable bonds is 1. The highest BCUT2D eigenvalue weighted by molar-refractivity contribution is 5.82. The van der Waals surface area contributed by atoms with Crippen molar-refractivity contribution in [2.75, 3.05) is 0 Å². The normalized spacial score (nSPS) is 47.7. The van der Waals surface area contributed by atoms with Crippen LogP contribution < -0.4 is 0 Å². The second-order valence-electron chi connectivity index (χ2n) is 7.93. The molecule has 0 radical (unpaired) electrons. The molecule has 8 atom stereocenters. The molecular weight excluding hydrogens is 316 g/mol. The Morgan fingerprint density at radius 3 is 2.68 bits per heavy atom. The highest BCUT2D eigenvalue weighted by Crippen LogP contribution is 2.47. The van der Waals surface area contributed by atoms with Gasteiger partial charge in [0.2, 0.25) is 0 Å². The van der Waals surface area contributed by atoms with Gasteiger partial charge in [-0.25, -0.2) is 4.79 Å². The second-order valence-corrected chi connectivity index (χ2v) is 7.93. The number of esters is 1. The lowest BCUT2D eigenvalue weighted by molar-refractivity contribution is -0.144. The predicted molar refractivity (Wildman–Crippen MR) is 96.6 cm³/mol. The van der Waals surface area contributed by atoms with E-state index in [2.05, 4.69) is 32.1 Å². The predicted octanol–water partition coefficient (Wildman–Crippen LogP) is 3.01. The van der Waals surface area contributed by atoms with Gasteiger partial charge in [-0.2, -0.15) is 0 Å². The number of fused-ring (bicyclic) bond motifs is 3. The van der Waals surface area contributed by atoms with Crippen LogP contribution in [0.5, 0.6) is 0 Å². The van der Waals surface area contributed by atoms with Crippen LogP contribution in [0.3, 0.4) is 0 Å². The first-order valence-electron chi connectivity index (χ1n) is 9.52. The van der Waals surface area contributed by atoms with Gasteiger partial charge in [-0.15, -0.1) is 0 Å². The number of hydrogen-bond donors (Lipinski definition) is 2. The van der Waals surface area contributed by atoms with E-state index in [9.17, 15) is 15.0 Å². The Morgan fingerprint density at radius 1 is 1.20 bits per heavy atom. The van der Waals surface area contributed by atoms with Crippen LogP contribution in [0.15, 0.2) is 36.0 Å². The van der Waals surface area contributed by atoms with E-state index in [1.54, 1.807) is 6.08 Å². The highest BCUT2D eigenvalue weighted by Gasteiger charge is 2.44.